The molecule has 0 amide bonds. The van der Waals surface area contributed by atoms with Gasteiger partial charge in [-0.1, -0.05) is 82.8 Å². The molecule has 0 spiro atoms. The molecule has 0 atom stereocenters. The highest BCUT2D eigenvalue weighted by Crippen LogP contribution is 2.29. The second-order valence-electron chi connectivity index (χ2n) is 7.43. The average Bonchev–Trinajstić information content (AvgIpc) is 2.78. The van der Waals surface area contributed by atoms with Gasteiger partial charge in [0, 0.05) is 31.5 Å². The van der Waals surface area contributed by atoms with Crippen molar-refractivity contribution < 1.29 is 0 Å². The van der Waals surface area contributed by atoms with Crippen LogP contribution in [0.3, 0.4) is 0 Å². The third kappa shape index (κ3) is 6.75. The number of halogens is 4. The van der Waals surface area contributed by atoms with Crippen LogP contribution in [-0.4, -0.2) is 5.11 Å². The molecule has 4 aromatic rings. The molecular formula is C27H18Cl4N2S. The summed E-state index contributed by atoms with van der Waals surface area (Å²) in [6, 6.07) is 28.7. The van der Waals surface area contributed by atoms with Gasteiger partial charge < -0.3 is 10.6 Å². The van der Waals surface area contributed by atoms with Gasteiger partial charge in [-0.3, -0.25) is 0 Å². The average molecular weight is 544 g/mol. The van der Waals surface area contributed by atoms with Crippen LogP contribution in [0.5, 0.6) is 0 Å². The Morgan fingerprint density at radius 3 is 1.68 bits per heavy atom. The summed E-state index contributed by atoms with van der Waals surface area (Å²) in [7, 11) is 0. The maximum atomic E-state index is 6.11. The van der Waals surface area contributed by atoms with Gasteiger partial charge in [-0.2, -0.15) is 0 Å². The van der Waals surface area contributed by atoms with Crippen molar-refractivity contribution in [2.75, 3.05) is 10.6 Å². The zero-order valence-corrected chi connectivity index (χ0v) is 21.5. The van der Waals surface area contributed by atoms with Crippen molar-refractivity contribution in [3.8, 4) is 0 Å². The Labute approximate surface area is 224 Å². The summed E-state index contributed by atoms with van der Waals surface area (Å²) in [6.07, 6.45) is 2.12. The molecule has 0 radical (unpaired) electrons. The van der Waals surface area contributed by atoms with Crippen LogP contribution in [0.15, 0.2) is 91.0 Å². The Hall–Kier alpha value is -2.53. The molecule has 0 unspecified atom stereocenters. The zero-order chi connectivity index (χ0) is 24.1. The van der Waals surface area contributed by atoms with E-state index in [1.54, 1.807) is 18.2 Å². The molecule has 4 rings (SSSR count). The van der Waals surface area contributed by atoms with Crippen LogP contribution in [0, 0.1) is 0 Å². The van der Waals surface area contributed by atoms with E-state index in [4.69, 9.17) is 58.6 Å². The van der Waals surface area contributed by atoms with Gasteiger partial charge in [-0.25, -0.2) is 0 Å². The lowest BCUT2D eigenvalue weighted by molar-refractivity contribution is 1.54. The van der Waals surface area contributed by atoms with E-state index < -0.39 is 0 Å². The summed E-state index contributed by atoms with van der Waals surface area (Å²) in [6.45, 7) is 0. The van der Waals surface area contributed by atoms with Crippen molar-refractivity contribution in [2.45, 2.75) is 0 Å². The molecular weight excluding hydrogens is 526 g/mol. The zero-order valence-electron chi connectivity index (χ0n) is 17.7. The van der Waals surface area contributed by atoms with Crippen molar-refractivity contribution in [3.63, 3.8) is 0 Å². The molecule has 170 valence electrons. The molecule has 0 aliphatic rings. The highest BCUT2D eigenvalue weighted by Gasteiger charge is 2.07. The molecule has 0 saturated carbocycles. The number of thiocarbonyl (C=S) groups is 1. The summed E-state index contributed by atoms with van der Waals surface area (Å²) in [4.78, 5) is 0. The number of rotatable bonds is 5. The minimum atomic E-state index is 0.426. The van der Waals surface area contributed by atoms with Crippen LogP contribution in [0.2, 0.25) is 20.1 Å². The van der Waals surface area contributed by atoms with Gasteiger partial charge >= 0.3 is 0 Å². The van der Waals surface area contributed by atoms with Crippen molar-refractivity contribution in [1.82, 2.24) is 0 Å². The molecule has 7 heteroatoms. The highest BCUT2D eigenvalue weighted by molar-refractivity contribution is 7.80. The fourth-order valence-electron chi connectivity index (χ4n) is 3.38. The fourth-order valence-corrected chi connectivity index (χ4v) is 4.40. The molecule has 0 aliphatic heterocycles. The van der Waals surface area contributed by atoms with Gasteiger partial charge in [-0.15, -0.1) is 0 Å². The van der Waals surface area contributed by atoms with Crippen molar-refractivity contribution in [3.05, 3.63) is 128 Å². The van der Waals surface area contributed by atoms with E-state index in [1.165, 1.54) is 0 Å². The van der Waals surface area contributed by atoms with E-state index in [1.807, 2.05) is 72.8 Å². The number of nitrogens with one attached hydrogen (secondary N) is 2. The Morgan fingerprint density at radius 2 is 1.12 bits per heavy atom. The summed E-state index contributed by atoms with van der Waals surface area (Å²) in [5.41, 5.74) is 5.67. The van der Waals surface area contributed by atoms with Crippen LogP contribution in [-0.2, 0) is 0 Å². The number of anilines is 2. The Bertz CT molecular complexity index is 1280. The minimum Gasteiger partial charge on any atom is -0.332 e. The summed E-state index contributed by atoms with van der Waals surface area (Å²) >= 11 is 29.8. The molecule has 0 saturated heterocycles. The first-order valence-electron chi connectivity index (χ1n) is 10.2. The summed E-state index contributed by atoms with van der Waals surface area (Å²) in [5.74, 6) is 0. The normalized spacial score (nSPS) is 10.5. The van der Waals surface area contributed by atoms with Crippen molar-refractivity contribution in [1.29, 1.82) is 0 Å². The highest BCUT2D eigenvalue weighted by atomic mass is 35.5. The molecule has 0 aliphatic carbocycles. The van der Waals surface area contributed by atoms with E-state index in [0.717, 1.165) is 28.0 Å². The molecule has 0 heterocycles. The first-order chi connectivity index (χ1) is 16.4. The Morgan fingerprint density at radius 1 is 0.588 bits per heavy atom. The van der Waals surface area contributed by atoms with Gasteiger partial charge in [0.15, 0.2) is 5.11 Å². The monoisotopic (exact) mass is 542 g/mol. The third-order valence-corrected chi connectivity index (χ3v) is 6.03. The summed E-state index contributed by atoms with van der Waals surface area (Å²) < 4.78 is 0. The molecule has 4 aromatic carbocycles. The lowest BCUT2D eigenvalue weighted by Gasteiger charge is -2.13. The van der Waals surface area contributed by atoms with E-state index in [9.17, 15) is 0 Å². The third-order valence-electron chi connectivity index (χ3n) is 4.89. The molecule has 0 aromatic heterocycles. The van der Waals surface area contributed by atoms with Crippen LogP contribution < -0.4 is 10.6 Å². The lowest BCUT2D eigenvalue weighted by Crippen LogP contribution is -2.19. The topological polar surface area (TPSA) is 24.1 Å². The van der Waals surface area contributed by atoms with Crippen LogP contribution in [0.4, 0.5) is 11.4 Å². The largest absolute Gasteiger partial charge is 0.332 e. The molecule has 0 fully saturated rings. The Balaban J connectivity index is 1.61. The van der Waals surface area contributed by atoms with E-state index in [-0.39, 0.29) is 0 Å². The van der Waals surface area contributed by atoms with Gasteiger partial charge in [0.05, 0.1) is 0 Å². The molecule has 34 heavy (non-hydrogen) atoms. The lowest BCUT2D eigenvalue weighted by atomic mass is 9.95. The minimum absolute atomic E-state index is 0.426. The predicted octanol–water partition coefficient (Wildman–Crippen LogP) is 9.70. The van der Waals surface area contributed by atoms with E-state index >= 15 is 0 Å². The second-order valence-corrected chi connectivity index (χ2v) is 9.59. The molecule has 2 N–H and O–H groups in total. The molecule has 0 bridgehead atoms. The van der Waals surface area contributed by atoms with Gasteiger partial charge in [-0.05, 0) is 95.2 Å². The standard InChI is InChI=1S/C27H18Cl4N2S/c28-20-8-4-18(5-9-20)26(19-6-10-21(29)11-7-19)13-17-2-1-3-24(12-17)32-27(34)33-25-15-22(30)14-23(31)16-25/h1-16H,(H2,32,33,34). The first kappa shape index (κ1) is 24.6. The van der Waals surface area contributed by atoms with Gasteiger partial charge in [0.2, 0.25) is 0 Å². The van der Waals surface area contributed by atoms with E-state index in [2.05, 4.69) is 16.7 Å². The van der Waals surface area contributed by atoms with Gasteiger partial charge in [0.25, 0.3) is 0 Å². The van der Waals surface area contributed by atoms with E-state index in [0.29, 0.717) is 30.9 Å². The quantitative estimate of drug-likeness (QED) is 0.193. The maximum Gasteiger partial charge on any atom is 0.175 e. The summed E-state index contributed by atoms with van der Waals surface area (Å²) in [5, 5.41) is 9.17. The smallest absolute Gasteiger partial charge is 0.175 e. The van der Waals surface area contributed by atoms with Crippen LogP contribution in [0.1, 0.15) is 16.7 Å². The maximum absolute atomic E-state index is 6.11. The SMILES string of the molecule is S=C(Nc1cc(Cl)cc(Cl)c1)Nc1cccc(C=C(c2ccc(Cl)cc2)c2ccc(Cl)cc2)c1. The first-order valence-corrected chi connectivity index (χ1v) is 12.2. The van der Waals surface area contributed by atoms with Crippen molar-refractivity contribution >= 4 is 86.8 Å². The van der Waals surface area contributed by atoms with Crippen molar-refractivity contribution in [2.24, 2.45) is 0 Å². The second kappa shape index (κ2) is 11.3. The number of hydrogen-bond acceptors (Lipinski definition) is 1. The van der Waals surface area contributed by atoms with Gasteiger partial charge in [0.1, 0.15) is 0 Å². The number of benzene rings is 4. The number of hydrogen-bond donors (Lipinski definition) is 2. The molecule has 2 nitrogen and oxygen atoms in total. The Kier molecular flexibility index (Phi) is 8.15. The van der Waals surface area contributed by atoms with Crippen LogP contribution in [0.25, 0.3) is 11.6 Å². The predicted molar refractivity (Wildman–Crippen MR) is 153 cm³/mol. The fraction of sp³-hybridized carbons (Fsp3) is 0. The van der Waals surface area contributed by atoms with Crippen LogP contribution >= 0.6 is 58.6 Å².